The van der Waals surface area contributed by atoms with Gasteiger partial charge in [0.2, 0.25) is 5.91 Å². The standard InChI is InChI=1S/C19H25F2N3O4/c1-27-15-5-4-14(12-16(15)28-19(20)21)18(26)24-10-8-22(9-11-24)13-17(25)23-6-2-3-7-23/h4-5,12,19H,2-3,6-11,13H2,1H3. The van der Waals surface area contributed by atoms with Crippen LogP contribution in [0.25, 0.3) is 0 Å². The van der Waals surface area contributed by atoms with E-state index in [1.807, 2.05) is 9.80 Å². The third kappa shape index (κ3) is 4.89. The van der Waals surface area contributed by atoms with Crippen LogP contribution in [0.15, 0.2) is 18.2 Å². The monoisotopic (exact) mass is 397 g/mol. The smallest absolute Gasteiger partial charge is 0.387 e. The predicted molar refractivity (Wildman–Crippen MR) is 97.8 cm³/mol. The molecule has 9 heteroatoms. The molecule has 1 aromatic rings. The molecule has 0 spiro atoms. The first-order chi connectivity index (χ1) is 13.5. The molecular weight excluding hydrogens is 372 g/mol. The highest BCUT2D eigenvalue weighted by Gasteiger charge is 2.26. The molecule has 0 saturated carbocycles. The molecular formula is C19H25F2N3O4. The van der Waals surface area contributed by atoms with E-state index in [2.05, 4.69) is 4.74 Å². The van der Waals surface area contributed by atoms with Crippen LogP contribution in [-0.2, 0) is 4.79 Å². The zero-order chi connectivity index (χ0) is 20.1. The number of halogens is 2. The number of hydrogen-bond donors (Lipinski definition) is 0. The van der Waals surface area contributed by atoms with Crippen molar-refractivity contribution in [1.29, 1.82) is 0 Å². The van der Waals surface area contributed by atoms with Crippen LogP contribution in [0.3, 0.4) is 0 Å². The van der Waals surface area contributed by atoms with E-state index in [0.717, 1.165) is 25.9 Å². The summed E-state index contributed by atoms with van der Waals surface area (Å²) in [4.78, 5) is 30.6. The summed E-state index contributed by atoms with van der Waals surface area (Å²) in [6.07, 6.45) is 2.13. The zero-order valence-corrected chi connectivity index (χ0v) is 15.9. The summed E-state index contributed by atoms with van der Waals surface area (Å²) < 4.78 is 34.6. The number of benzene rings is 1. The topological polar surface area (TPSA) is 62.3 Å². The Hall–Kier alpha value is -2.42. The second-order valence-electron chi connectivity index (χ2n) is 6.90. The molecule has 2 heterocycles. The summed E-state index contributed by atoms with van der Waals surface area (Å²) in [5, 5.41) is 0. The van der Waals surface area contributed by atoms with Crippen molar-refractivity contribution in [2.45, 2.75) is 19.5 Å². The van der Waals surface area contributed by atoms with E-state index >= 15 is 0 Å². The van der Waals surface area contributed by atoms with E-state index < -0.39 is 6.61 Å². The fraction of sp³-hybridized carbons (Fsp3) is 0.579. The van der Waals surface area contributed by atoms with Gasteiger partial charge in [-0.25, -0.2) is 0 Å². The Labute approximate surface area is 162 Å². The number of nitrogens with zero attached hydrogens (tertiary/aromatic N) is 3. The molecule has 0 bridgehead atoms. The van der Waals surface area contributed by atoms with Gasteiger partial charge in [-0.05, 0) is 31.0 Å². The van der Waals surface area contributed by atoms with Gasteiger partial charge in [0.15, 0.2) is 11.5 Å². The van der Waals surface area contributed by atoms with Crippen LogP contribution in [-0.4, -0.2) is 86.0 Å². The molecule has 2 amide bonds. The van der Waals surface area contributed by atoms with Gasteiger partial charge in [0, 0.05) is 44.8 Å². The Kier molecular flexibility index (Phi) is 6.66. The van der Waals surface area contributed by atoms with Gasteiger partial charge in [-0.15, -0.1) is 0 Å². The second kappa shape index (κ2) is 9.18. The molecule has 3 rings (SSSR count). The maximum absolute atomic E-state index is 12.7. The molecule has 28 heavy (non-hydrogen) atoms. The highest BCUT2D eigenvalue weighted by atomic mass is 19.3. The van der Waals surface area contributed by atoms with Crippen molar-refractivity contribution in [3.63, 3.8) is 0 Å². The number of likely N-dealkylation sites (tertiary alicyclic amines) is 1. The van der Waals surface area contributed by atoms with Gasteiger partial charge in [-0.2, -0.15) is 8.78 Å². The molecule has 2 fully saturated rings. The molecule has 0 unspecified atom stereocenters. The normalized spacial score (nSPS) is 17.9. The molecule has 0 N–H and O–H groups in total. The molecule has 0 aromatic heterocycles. The van der Waals surface area contributed by atoms with E-state index in [1.54, 1.807) is 4.90 Å². The van der Waals surface area contributed by atoms with Crippen LogP contribution in [0.4, 0.5) is 8.78 Å². The fourth-order valence-electron chi connectivity index (χ4n) is 3.55. The predicted octanol–water partition coefficient (Wildman–Crippen LogP) is 1.68. The minimum atomic E-state index is -3.00. The second-order valence-corrected chi connectivity index (χ2v) is 6.90. The van der Waals surface area contributed by atoms with Crippen molar-refractivity contribution in [2.75, 3.05) is 52.9 Å². The molecule has 1 aromatic carbocycles. The van der Waals surface area contributed by atoms with E-state index in [4.69, 9.17) is 4.74 Å². The Bertz CT molecular complexity index is 702. The van der Waals surface area contributed by atoms with Crippen LogP contribution in [0.2, 0.25) is 0 Å². The minimum absolute atomic E-state index is 0.140. The number of carbonyl (C=O) groups excluding carboxylic acids is 2. The van der Waals surface area contributed by atoms with Gasteiger partial charge in [0.1, 0.15) is 0 Å². The average Bonchev–Trinajstić information content (AvgIpc) is 3.22. The fourth-order valence-corrected chi connectivity index (χ4v) is 3.55. The van der Waals surface area contributed by atoms with Gasteiger partial charge in [0.25, 0.3) is 5.91 Å². The molecule has 154 valence electrons. The van der Waals surface area contributed by atoms with Crippen molar-refractivity contribution >= 4 is 11.8 Å². The molecule has 2 aliphatic heterocycles. The van der Waals surface area contributed by atoms with Crippen molar-refractivity contribution in [2.24, 2.45) is 0 Å². The molecule has 0 aliphatic carbocycles. The van der Waals surface area contributed by atoms with Crippen LogP contribution in [0.5, 0.6) is 11.5 Å². The third-order valence-corrected chi connectivity index (χ3v) is 5.10. The maximum atomic E-state index is 12.7. The Morgan fingerprint density at radius 1 is 1.00 bits per heavy atom. The van der Waals surface area contributed by atoms with E-state index in [0.29, 0.717) is 32.7 Å². The SMILES string of the molecule is COc1ccc(C(=O)N2CCN(CC(=O)N3CCCC3)CC2)cc1OC(F)F. The number of hydrogen-bond acceptors (Lipinski definition) is 5. The van der Waals surface area contributed by atoms with Gasteiger partial charge >= 0.3 is 6.61 Å². The lowest BCUT2D eigenvalue weighted by Gasteiger charge is -2.35. The first kappa shape index (κ1) is 20.3. The number of alkyl halides is 2. The number of methoxy groups -OCH3 is 1. The van der Waals surface area contributed by atoms with Crippen molar-refractivity contribution in [1.82, 2.24) is 14.7 Å². The lowest BCUT2D eigenvalue weighted by Crippen LogP contribution is -2.51. The summed E-state index contributed by atoms with van der Waals surface area (Å²) >= 11 is 0. The quantitative estimate of drug-likeness (QED) is 0.731. The van der Waals surface area contributed by atoms with Crippen LogP contribution in [0.1, 0.15) is 23.2 Å². The highest BCUT2D eigenvalue weighted by molar-refractivity contribution is 5.95. The third-order valence-electron chi connectivity index (χ3n) is 5.10. The number of piperazine rings is 1. The lowest BCUT2D eigenvalue weighted by atomic mass is 10.1. The first-order valence-electron chi connectivity index (χ1n) is 9.40. The van der Waals surface area contributed by atoms with Gasteiger partial charge < -0.3 is 19.3 Å². The average molecular weight is 397 g/mol. The summed E-state index contributed by atoms with van der Waals surface area (Å²) in [5.41, 5.74) is 0.262. The zero-order valence-electron chi connectivity index (χ0n) is 15.9. The number of rotatable bonds is 6. The Balaban J connectivity index is 1.56. The molecule has 2 saturated heterocycles. The number of ether oxygens (including phenoxy) is 2. The van der Waals surface area contributed by atoms with E-state index in [-0.39, 0.29) is 28.9 Å². The van der Waals surface area contributed by atoms with E-state index in [9.17, 15) is 18.4 Å². The number of carbonyl (C=O) groups is 2. The Morgan fingerprint density at radius 2 is 1.68 bits per heavy atom. The van der Waals surface area contributed by atoms with Gasteiger partial charge in [0.05, 0.1) is 13.7 Å². The molecule has 2 aliphatic rings. The summed E-state index contributed by atoms with van der Waals surface area (Å²) in [5.74, 6) is -0.145. The van der Waals surface area contributed by atoms with Crippen molar-refractivity contribution < 1.29 is 27.8 Å². The van der Waals surface area contributed by atoms with Crippen molar-refractivity contribution in [3.8, 4) is 11.5 Å². The van der Waals surface area contributed by atoms with Gasteiger partial charge in [-0.3, -0.25) is 14.5 Å². The van der Waals surface area contributed by atoms with Crippen molar-refractivity contribution in [3.05, 3.63) is 23.8 Å². The van der Waals surface area contributed by atoms with Gasteiger partial charge in [-0.1, -0.05) is 0 Å². The minimum Gasteiger partial charge on any atom is -0.493 e. The lowest BCUT2D eigenvalue weighted by molar-refractivity contribution is -0.131. The first-order valence-corrected chi connectivity index (χ1v) is 9.40. The number of amides is 2. The maximum Gasteiger partial charge on any atom is 0.387 e. The highest BCUT2D eigenvalue weighted by Crippen LogP contribution is 2.30. The van der Waals surface area contributed by atoms with Crippen LogP contribution < -0.4 is 9.47 Å². The van der Waals surface area contributed by atoms with E-state index in [1.165, 1.54) is 25.3 Å². The Morgan fingerprint density at radius 3 is 2.29 bits per heavy atom. The molecule has 7 nitrogen and oxygen atoms in total. The largest absolute Gasteiger partial charge is 0.493 e. The molecule has 0 radical (unpaired) electrons. The summed E-state index contributed by atoms with van der Waals surface area (Å²) in [7, 11) is 1.35. The summed E-state index contributed by atoms with van der Waals surface area (Å²) in [6.45, 7) is 1.18. The van der Waals surface area contributed by atoms with Crippen LogP contribution in [0, 0.1) is 0 Å². The van der Waals surface area contributed by atoms with Crippen LogP contribution >= 0.6 is 0 Å². The summed E-state index contributed by atoms with van der Waals surface area (Å²) in [6, 6.07) is 4.25. The molecule has 0 atom stereocenters.